The van der Waals surface area contributed by atoms with Gasteiger partial charge in [0.1, 0.15) is 0 Å². The molecule has 14 heavy (non-hydrogen) atoms. The maximum Gasteiger partial charge on any atom is 0.228 e. The highest BCUT2D eigenvalue weighted by Crippen LogP contribution is 2.47. The van der Waals surface area contributed by atoms with E-state index in [4.69, 9.17) is 11.6 Å². The van der Waals surface area contributed by atoms with Gasteiger partial charge in [-0.3, -0.25) is 4.79 Å². The molecule has 2 aliphatic rings. The Hall–Kier alpha value is -0.240. The predicted octanol–water partition coefficient (Wildman–Crippen LogP) is 2.40. The van der Waals surface area contributed by atoms with Crippen LogP contribution < -0.4 is 0 Å². The Kier molecular flexibility index (Phi) is 2.50. The summed E-state index contributed by atoms with van der Waals surface area (Å²) in [5.74, 6) is 0.329. The van der Waals surface area contributed by atoms with Crippen molar-refractivity contribution in [2.75, 3.05) is 6.54 Å². The van der Waals surface area contributed by atoms with Crippen molar-refractivity contribution in [1.82, 2.24) is 4.90 Å². The number of piperidine rings is 1. The van der Waals surface area contributed by atoms with Crippen molar-refractivity contribution in [2.45, 2.75) is 50.9 Å². The molecule has 2 atom stereocenters. The number of amides is 1. The Morgan fingerprint density at radius 3 is 2.71 bits per heavy atom. The Balaban J connectivity index is 2.05. The summed E-state index contributed by atoms with van der Waals surface area (Å²) in [6, 6.07) is 0.218. The molecule has 2 unspecified atom stereocenters. The fraction of sp³-hybridized carbons (Fsp3) is 0.909. The van der Waals surface area contributed by atoms with E-state index in [-0.39, 0.29) is 16.8 Å². The second kappa shape index (κ2) is 3.41. The summed E-state index contributed by atoms with van der Waals surface area (Å²) in [5.41, 5.74) is -0.0395. The molecule has 0 N–H and O–H groups in total. The van der Waals surface area contributed by atoms with Gasteiger partial charge in [0.05, 0.1) is 5.38 Å². The molecule has 0 bridgehead atoms. The molecular weight excluding hydrogens is 198 g/mol. The number of carbonyl (C=O) groups is 1. The Labute approximate surface area is 90.6 Å². The number of rotatable bonds is 1. The number of hydrogen-bond acceptors (Lipinski definition) is 1. The van der Waals surface area contributed by atoms with Crippen LogP contribution in [0.25, 0.3) is 0 Å². The maximum atomic E-state index is 12.1. The molecule has 1 saturated heterocycles. The minimum Gasteiger partial charge on any atom is -0.338 e. The quantitative estimate of drug-likeness (QED) is 0.616. The van der Waals surface area contributed by atoms with E-state index in [1.54, 1.807) is 0 Å². The first-order valence-electron chi connectivity index (χ1n) is 5.50. The van der Waals surface area contributed by atoms with Crippen LogP contribution >= 0.6 is 11.6 Å². The highest BCUT2D eigenvalue weighted by molar-refractivity contribution is 6.21. The number of likely N-dealkylation sites (tertiary alicyclic amines) is 1. The summed E-state index contributed by atoms with van der Waals surface area (Å²) < 4.78 is 0. The Morgan fingerprint density at radius 2 is 2.14 bits per heavy atom. The molecule has 2 fully saturated rings. The number of carbonyl (C=O) groups excluding carboxylic acids is 1. The van der Waals surface area contributed by atoms with Gasteiger partial charge in [0.2, 0.25) is 5.91 Å². The molecule has 1 heterocycles. The smallest absolute Gasteiger partial charge is 0.228 e. The first-order chi connectivity index (χ1) is 6.54. The zero-order chi connectivity index (χ0) is 10.3. The SMILES string of the molecule is CC1C(Cl)CCCN1C(=O)C1(C)CC1. The number of halogens is 1. The van der Waals surface area contributed by atoms with Gasteiger partial charge in [-0.05, 0) is 32.6 Å². The average molecular weight is 216 g/mol. The summed E-state index contributed by atoms with van der Waals surface area (Å²) in [5, 5.41) is 0.148. The van der Waals surface area contributed by atoms with Gasteiger partial charge in [-0.25, -0.2) is 0 Å². The topological polar surface area (TPSA) is 20.3 Å². The van der Waals surface area contributed by atoms with Crippen molar-refractivity contribution in [3.63, 3.8) is 0 Å². The molecular formula is C11H18ClNO. The van der Waals surface area contributed by atoms with Crippen LogP contribution in [0, 0.1) is 5.41 Å². The lowest BCUT2D eigenvalue weighted by molar-refractivity contribution is -0.139. The summed E-state index contributed by atoms with van der Waals surface area (Å²) in [7, 11) is 0. The minimum absolute atomic E-state index is 0.0395. The van der Waals surface area contributed by atoms with Crippen LogP contribution in [0.2, 0.25) is 0 Å². The molecule has 0 aromatic carbocycles. The van der Waals surface area contributed by atoms with Crippen LogP contribution in [-0.2, 0) is 4.79 Å². The molecule has 0 spiro atoms. The van der Waals surface area contributed by atoms with Gasteiger partial charge in [0.15, 0.2) is 0 Å². The average Bonchev–Trinajstić information content (AvgIpc) is 2.89. The van der Waals surface area contributed by atoms with Crippen LogP contribution in [0.3, 0.4) is 0 Å². The number of hydrogen-bond donors (Lipinski definition) is 0. The zero-order valence-corrected chi connectivity index (χ0v) is 9.68. The second-order valence-electron chi connectivity index (χ2n) is 4.96. The third-order valence-electron chi connectivity index (χ3n) is 3.67. The monoisotopic (exact) mass is 215 g/mol. The molecule has 1 amide bonds. The largest absolute Gasteiger partial charge is 0.338 e. The van der Waals surface area contributed by atoms with Crippen molar-refractivity contribution in [3.8, 4) is 0 Å². The lowest BCUT2D eigenvalue weighted by Crippen LogP contribution is -2.49. The molecule has 2 rings (SSSR count). The van der Waals surface area contributed by atoms with Crippen LogP contribution in [0.1, 0.15) is 39.5 Å². The summed E-state index contributed by atoms with van der Waals surface area (Å²) in [4.78, 5) is 14.1. The lowest BCUT2D eigenvalue weighted by Gasteiger charge is -2.38. The van der Waals surface area contributed by atoms with Crippen molar-refractivity contribution in [1.29, 1.82) is 0 Å². The third-order valence-corrected chi connectivity index (χ3v) is 4.25. The summed E-state index contributed by atoms with van der Waals surface area (Å²) >= 11 is 6.18. The van der Waals surface area contributed by atoms with Gasteiger partial charge in [-0.15, -0.1) is 11.6 Å². The van der Waals surface area contributed by atoms with Gasteiger partial charge in [0, 0.05) is 18.0 Å². The van der Waals surface area contributed by atoms with E-state index in [1.807, 2.05) is 4.90 Å². The highest BCUT2D eigenvalue weighted by Gasteiger charge is 2.48. The number of alkyl halides is 1. The van der Waals surface area contributed by atoms with Gasteiger partial charge in [-0.2, -0.15) is 0 Å². The van der Waals surface area contributed by atoms with E-state index in [1.165, 1.54) is 0 Å². The van der Waals surface area contributed by atoms with E-state index in [0.717, 1.165) is 32.2 Å². The van der Waals surface area contributed by atoms with Gasteiger partial charge >= 0.3 is 0 Å². The van der Waals surface area contributed by atoms with Crippen molar-refractivity contribution in [3.05, 3.63) is 0 Å². The van der Waals surface area contributed by atoms with Gasteiger partial charge < -0.3 is 4.90 Å². The standard InChI is InChI=1S/C11H18ClNO/c1-8-9(12)4-3-7-13(8)10(14)11(2)5-6-11/h8-9H,3-7H2,1-2H3. The van der Waals surface area contributed by atoms with Crippen LogP contribution in [0.5, 0.6) is 0 Å². The fourth-order valence-electron chi connectivity index (χ4n) is 2.13. The van der Waals surface area contributed by atoms with Gasteiger partial charge in [-0.1, -0.05) is 6.92 Å². The second-order valence-corrected chi connectivity index (χ2v) is 5.52. The van der Waals surface area contributed by atoms with E-state index < -0.39 is 0 Å². The maximum absolute atomic E-state index is 12.1. The van der Waals surface area contributed by atoms with Crippen LogP contribution in [-0.4, -0.2) is 28.8 Å². The minimum atomic E-state index is -0.0395. The van der Waals surface area contributed by atoms with Crippen molar-refractivity contribution >= 4 is 17.5 Å². The first kappa shape index (κ1) is 10.3. The van der Waals surface area contributed by atoms with Crippen LogP contribution in [0.15, 0.2) is 0 Å². The van der Waals surface area contributed by atoms with Crippen LogP contribution in [0.4, 0.5) is 0 Å². The molecule has 0 aromatic rings. The molecule has 1 aliphatic heterocycles. The molecule has 1 saturated carbocycles. The van der Waals surface area contributed by atoms with E-state index >= 15 is 0 Å². The summed E-state index contributed by atoms with van der Waals surface area (Å²) in [6.07, 6.45) is 4.22. The Bertz CT molecular complexity index is 250. The molecule has 1 aliphatic carbocycles. The highest BCUT2D eigenvalue weighted by atomic mass is 35.5. The molecule has 0 aromatic heterocycles. The Morgan fingerprint density at radius 1 is 1.50 bits per heavy atom. The number of nitrogens with zero attached hydrogens (tertiary/aromatic N) is 1. The molecule has 3 heteroatoms. The first-order valence-corrected chi connectivity index (χ1v) is 5.93. The normalized spacial score (nSPS) is 35.5. The van der Waals surface area contributed by atoms with Crippen molar-refractivity contribution < 1.29 is 4.79 Å². The molecule has 2 nitrogen and oxygen atoms in total. The lowest BCUT2D eigenvalue weighted by atomic mass is 9.99. The predicted molar refractivity (Wildman–Crippen MR) is 57.4 cm³/mol. The van der Waals surface area contributed by atoms with Crippen molar-refractivity contribution in [2.24, 2.45) is 5.41 Å². The van der Waals surface area contributed by atoms with E-state index in [2.05, 4.69) is 13.8 Å². The van der Waals surface area contributed by atoms with E-state index in [9.17, 15) is 4.79 Å². The fourth-order valence-corrected chi connectivity index (χ4v) is 2.42. The third kappa shape index (κ3) is 1.65. The van der Waals surface area contributed by atoms with E-state index in [0.29, 0.717) is 5.91 Å². The molecule has 0 radical (unpaired) electrons. The zero-order valence-electron chi connectivity index (χ0n) is 8.92. The van der Waals surface area contributed by atoms with Gasteiger partial charge in [0.25, 0.3) is 0 Å². The summed E-state index contributed by atoms with van der Waals surface area (Å²) in [6.45, 7) is 5.04. The molecule has 80 valence electrons.